The minimum atomic E-state index is -0.671. The van der Waals surface area contributed by atoms with E-state index in [0.717, 1.165) is 0 Å². The maximum atomic E-state index is 13.7. The first-order chi connectivity index (χ1) is 6.75. The summed E-state index contributed by atoms with van der Waals surface area (Å²) in [6.07, 6.45) is 0. The molecule has 0 saturated carbocycles. The molecule has 2 N–H and O–H groups in total. The van der Waals surface area contributed by atoms with Crippen LogP contribution in [0, 0.1) is 17.0 Å². The summed E-state index contributed by atoms with van der Waals surface area (Å²) in [5, 5.41) is 0. The number of nitrogens with two attached hydrogens (primary N) is 1. The molecule has 4 heteroatoms. The first-order valence-corrected chi connectivity index (χ1v) is 5.43. The van der Waals surface area contributed by atoms with Crippen molar-refractivity contribution in [1.82, 2.24) is 0 Å². The van der Waals surface area contributed by atoms with E-state index < -0.39 is 17.7 Å². The fraction of sp³-hybridized carbons (Fsp3) is 0.455. The molecular formula is C11H14BrF2N. The van der Waals surface area contributed by atoms with Crippen molar-refractivity contribution < 1.29 is 8.78 Å². The lowest BCUT2D eigenvalue weighted by Crippen LogP contribution is -2.28. The molecule has 0 aromatic heterocycles. The number of hydrogen-bond donors (Lipinski definition) is 1. The summed E-state index contributed by atoms with van der Waals surface area (Å²) in [7, 11) is 0. The summed E-state index contributed by atoms with van der Waals surface area (Å²) in [4.78, 5) is 0. The molecule has 1 atom stereocenters. The maximum Gasteiger partial charge on any atom is 0.145 e. The van der Waals surface area contributed by atoms with Crippen molar-refractivity contribution in [1.29, 1.82) is 0 Å². The van der Waals surface area contributed by atoms with Gasteiger partial charge in [-0.15, -0.1) is 0 Å². The molecule has 0 amide bonds. The van der Waals surface area contributed by atoms with E-state index in [1.807, 2.05) is 20.8 Å². The van der Waals surface area contributed by atoms with E-state index in [1.54, 1.807) is 0 Å². The van der Waals surface area contributed by atoms with Crippen LogP contribution in [0.25, 0.3) is 0 Å². The molecule has 1 aromatic rings. The van der Waals surface area contributed by atoms with Crippen LogP contribution in [-0.2, 0) is 0 Å². The summed E-state index contributed by atoms with van der Waals surface area (Å²) in [6, 6.07) is 1.88. The van der Waals surface area contributed by atoms with Crippen molar-refractivity contribution in [3.05, 3.63) is 33.8 Å². The van der Waals surface area contributed by atoms with Gasteiger partial charge in [-0.3, -0.25) is 0 Å². The van der Waals surface area contributed by atoms with Crippen LogP contribution >= 0.6 is 15.9 Å². The molecule has 0 aliphatic rings. The van der Waals surface area contributed by atoms with Crippen LogP contribution in [0.15, 0.2) is 16.6 Å². The molecule has 1 aromatic carbocycles. The highest BCUT2D eigenvalue weighted by atomic mass is 79.9. The first kappa shape index (κ1) is 12.6. The van der Waals surface area contributed by atoms with Gasteiger partial charge < -0.3 is 5.73 Å². The van der Waals surface area contributed by atoms with Gasteiger partial charge in [0.25, 0.3) is 0 Å². The minimum Gasteiger partial charge on any atom is -0.323 e. The van der Waals surface area contributed by atoms with Crippen LogP contribution in [0.4, 0.5) is 8.78 Å². The van der Waals surface area contributed by atoms with Gasteiger partial charge >= 0.3 is 0 Å². The zero-order valence-electron chi connectivity index (χ0n) is 8.94. The van der Waals surface area contributed by atoms with E-state index >= 15 is 0 Å². The van der Waals surface area contributed by atoms with E-state index in [9.17, 15) is 8.78 Å². The Balaban J connectivity index is 3.31. The molecule has 0 aliphatic heterocycles. The Morgan fingerprint density at radius 2 is 1.80 bits per heavy atom. The molecule has 0 unspecified atom stereocenters. The van der Waals surface area contributed by atoms with Crippen LogP contribution < -0.4 is 5.73 Å². The van der Waals surface area contributed by atoms with Crippen LogP contribution in [0.5, 0.6) is 0 Å². The summed E-state index contributed by atoms with van der Waals surface area (Å²) in [5.41, 5.74) is 5.40. The second-order valence-corrected chi connectivity index (χ2v) is 5.45. The van der Waals surface area contributed by atoms with Crippen LogP contribution in [0.3, 0.4) is 0 Å². The van der Waals surface area contributed by atoms with Crippen molar-refractivity contribution >= 4 is 15.9 Å². The third kappa shape index (κ3) is 2.55. The second-order valence-electron chi connectivity index (χ2n) is 4.60. The van der Waals surface area contributed by atoms with Gasteiger partial charge in [0.2, 0.25) is 0 Å². The summed E-state index contributed by atoms with van der Waals surface area (Å²) >= 11 is 3.02. The van der Waals surface area contributed by atoms with E-state index in [2.05, 4.69) is 15.9 Å². The molecule has 1 nitrogen and oxygen atoms in total. The molecule has 0 saturated heterocycles. The SMILES string of the molecule is CC(C)(C)[C@@H](N)c1c(F)ccc(Br)c1F. The predicted molar refractivity (Wildman–Crippen MR) is 60.4 cm³/mol. The summed E-state index contributed by atoms with van der Waals surface area (Å²) in [5.74, 6) is -1.21. The summed E-state index contributed by atoms with van der Waals surface area (Å²) < 4.78 is 27.4. The molecule has 1 rings (SSSR count). The third-order valence-corrected chi connectivity index (χ3v) is 2.94. The number of hydrogen-bond acceptors (Lipinski definition) is 1. The molecule has 84 valence electrons. The predicted octanol–water partition coefficient (Wildman–Crippen LogP) is 3.77. The molecule has 0 radical (unpaired) electrons. The zero-order valence-corrected chi connectivity index (χ0v) is 10.5. The highest BCUT2D eigenvalue weighted by molar-refractivity contribution is 9.10. The Morgan fingerprint density at radius 1 is 1.27 bits per heavy atom. The zero-order chi connectivity index (χ0) is 11.8. The van der Waals surface area contributed by atoms with Crippen molar-refractivity contribution in [2.75, 3.05) is 0 Å². The Morgan fingerprint density at radius 3 is 2.27 bits per heavy atom. The van der Waals surface area contributed by atoms with Gasteiger partial charge in [0.15, 0.2) is 0 Å². The number of benzene rings is 1. The smallest absolute Gasteiger partial charge is 0.145 e. The minimum absolute atomic E-state index is 0.0584. The van der Waals surface area contributed by atoms with Gasteiger partial charge in [0.05, 0.1) is 4.47 Å². The van der Waals surface area contributed by atoms with Crippen LogP contribution in [0.2, 0.25) is 0 Å². The fourth-order valence-electron chi connectivity index (χ4n) is 1.26. The lowest BCUT2D eigenvalue weighted by molar-refractivity contribution is 0.310. The van der Waals surface area contributed by atoms with Gasteiger partial charge in [-0.1, -0.05) is 20.8 Å². The highest BCUT2D eigenvalue weighted by Crippen LogP contribution is 2.35. The Hall–Kier alpha value is -0.480. The van der Waals surface area contributed by atoms with E-state index in [4.69, 9.17) is 5.73 Å². The van der Waals surface area contributed by atoms with Gasteiger partial charge in [-0.05, 0) is 33.5 Å². The average Bonchev–Trinajstić information content (AvgIpc) is 2.10. The molecule has 0 aliphatic carbocycles. The summed E-state index contributed by atoms with van der Waals surface area (Å²) in [6.45, 7) is 5.53. The fourth-order valence-corrected chi connectivity index (χ4v) is 1.61. The standard InChI is InChI=1S/C11H14BrF2N/c1-11(2,3)10(15)8-7(13)5-4-6(12)9(8)14/h4-5,10H,15H2,1-3H3/t10-/m0/s1. The molecule has 0 spiro atoms. The molecule has 0 fully saturated rings. The highest BCUT2D eigenvalue weighted by Gasteiger charge is 2.28. The molecule has 0 heterocycles. The van der Waals surface area contributed by atoms with Crippen molar-refractivity contribution in [2.24, 2.45) is 11.1 Å². The monoisotopic (exact) mass is 277 g/mol. The van der Waals surface area contributed by atoms with Crippen molar-refractivity contribution in [2.45, 2.75) is 26.8 Å². The molecule has 15 heavy (non-hydrogen) atoms. The average molecular weight is 278 g/mol. The van der Waals surface area contributed by atoms with E-state index in [0.29, 0.717) is 0 Å². The van der Waals surface area contributed by atoms with Crippen LogP contribution in [-0.4, -0.2) is 0 Å². The quantitative estimate of drug-likeness (QED) is 0.777. The topological polar surface area (TPSA) is 26.0 Å². The number of rotatable bonds is 1. The van der Waals surface area contributed by atoms with E-state index in [-0.39, 0.29) is 15.5 Å². The van der Waals surface area contributed by atoms with Crippen molar-refractivity contribution in [3.63, 3.8) is 0 Å². The lowest BCUT2D eigenvalue weighted by atomic mass is 9.82. The Kier molecular flexibility index (Phi) is 3.51. The maximum absolute atomic E-state index is 13.7. The van der Waals surface area contributed by atoms with Crippen LogP contribution in [0.1, 0.15) is 32.4 Å². The Labute approximate surface area is 96.8 Å². The van der Waals surface area contributed by atoms with Gasteiger partial charge in [-0.2, -0.15) is 0 Å². The number of halogens is 3. The Bertz CT molecular complexity index is 372. The van der Waals surface area contributed by atoms with Crippen molar-refractivity contribution in [3.8, 4) is 0 Å². The van der Waals surface area contributed by atoms with Gasteiger partial charge in [-0.25, -0.2) is 8.78 Å². The van der Waals surface area contributed by atoms with Gasteiger partial charge in [0.1, 0.15) is 11.6 Å². The van der Waals surface area contributed by atoms with E-state index in [1.165, 1.54) is 12.1 Å². The molecule has 0 bridgehead atoms. The molecular weight excluding hydrogens is 264 g/mol. The lowest BCUT2D eigenvalue weighted by Gasteiger charge is -2.28. The second kappa shape index (κ2) is 4.18. The largest absolute Gasteiger partial charge is 0.323 e. The normalized spacial score (nSPS) is 14.1. The van der Waals surface area contributed by atoms with Gasteiger partial charge in [0, 0.05) is 11.6 Å². The first-order valence-electron chi connectivity index (χ1n) is 4.64. The third-order valence-electron chi connectivity index (χ3n) is 2.32.